The average Bonchev–Trinajstić information content (AvgIpc) is 3.33. The van der Waals surface area contributed by atoms with Crippen molar-refractivity contribution >= 4 is 29.0 Å². The third kappa shape index (κ3) is 4.75. The Morgan fingerprint density at radius 1 is 1.21 bits per heavy atom. The van der Waals surface area contributed by atoms with Crippen LogP contribution in [0.2, 0.25) is 0 Å². The third-order valence-corrected chi connectivity index (χ3v) is 5.42. The second kappa shape index (κ2) is 8.62. The SMILES string of the molecule is Cc1c(OCC2CCCN2)ncnc1Oc1ccc(C=C2SC(=O)NC2=O)cc1. The predicted molar refractivity (Wildman–Crippen MR) is 109 cm³/mol. The molecule has 29 heavy (non-hydrogen) atoms. The summed E-state index contributed by atoms with van der Waals surface area (Å²) < 4.78 is 11.7. The molecule has 1 unspecified atom stereocenters. The summed E-state index contributed by atoms with van der Waals surface area (Å²) in [5, 5.41) is 5.26. The van der Waals surface area contributed by atoms with E-state index in [2.05, 4.69) is 20.6 Å². The number of rotatable bonds is 6. The zero-order chi connectivity index (χ0) is 20.2. The van der Waals surface area contributed by atoms with Crippen LogP contribution in [0.4, 0.5) is 4.79 Å². The molecular weight excluding hydrogens is 392 g/mol. The Kier molecular flexibility index (Phi) is 5.77. The molecule has 2 aliphatic heterocycles. The molecule has 150 valence electrons. The van der Waals surface area contributed by atoms with Crippen LogP contribution in [0, 0.1) is 6.92 Å². The summed E-state index contributed by atoms with van der Waals surface area (Å²) in [5.41, 5.74) is 1.52. The zero-order valence-electron chi connectivity index (χ0n) is 15.8. The number of nitrogens with one attached hydrogen (secondary N) is 2. The van der Waals surface area contributed by atoms with E-state index in [1.54, 1.807) is 30.3 Å². The molecule has 2 aliphatic rings. The van der Waals surface area contributed by atoms with Gasteiger partial charge in [-0.2, -0.15) is 0 Å². The van der Waals surface area contributed by atoms with Crippen molar-refractivity contribution in [3.8, 4) is 17.5 Å². The van der Waals surface area contributed by atoms with E-state index in [0.717, 1.165) is 42.3 Å². The molecule has 1 atom stereocenters. The van der Waals surface area contributed by atoms with Crippen molar-refractivity contribution in [3.63, 3.8) is 0 Å². The summed E-state index contributed by atoms with van der Waals surface area (Å²) in [6, 6.07) is 7.51. The lowest BCUT2D eigenvalue weighted by Crippen LogP contribution is -2.28. The normalized spacial score (nSPS) is 20.2. The first-order valence-electron chi connectivity index (χ1n) is 9.29. The topological polar surface area (TPSA) is 102 Å². The van der Waals surface area contributed by atoms with E-state index in [0.29, 0.717) is 35.1 Å². The maximum absolute atomic E-state index is 11.6. The Hall–Kier alpha value is -2.91. The van der Waals surface area contributed by atoms with Gasteiger partial charge < -0.3 is 14.8 Å². The van der Waals surface area contributed by atoms with Crippen LogP contribution in [0.15, 0.2) is 35.5 Å². The molecule has 2 N–H and O–H groups in total. The second-order valence-electron chi connectivity index (χ2n) is 6.74. The molecular formula is C20H20N4O4S. The van der Waals surface area contributed by atoms with Crippen molar-refractivity contribution in [2.45, 2.75) is 25.8 Å². The molecule has 0 bridgehead atoms. The first-order valence-corrected chi connectivity index (χ1v) is 10.1. The number of aromatic nitrogens is 2. The number of carbonyl (C=O) groups excluding carboxylic acids is 2. The summed E-state index contributed by atoms with van der Waals surface area (Å²) in [4.78, 5) is 31.6. The summed E-state index contributed by atoms with van der Waals surface area (Å²) in [5.74, 6) is 1.16. The van der Waals surface area contributed by atoms with Crippen LogP contribution in [0.5, 0.6) is 17.5 Å². The maximum Gasteiger partial charge on any atom is 0.290 e. The summed E-state index contributed by atoms with van der Waals surface area (Å²) >= 11 is 0.887. The Morgan fingerprint density at radius 2 is 2.00 bits per heavy atom. The van der Waals surface area contributed by atoms with Gasteiger partial charge in [-0.15, -0.1) is 0 Å². The minimum absolute atomic E-state index is 0.353. The highest BCUT2D eigenvalue weighted by atomic mass is 32.2. The van der Waals surface area contributed by atoms with Crippen LogP contribution in [-0.2, 0) is 4.79 Å². The zero-order valence-corrected chi connectivity index (χ0v) is 16.6. The molecule has 0 saturated carbocycles. The minimum atomic E-state index is -0.378. The summed E-state index contributed by atoms with van der Waals surface area (Å²) in [6.07, 6.45) is 5.35. The van der Waals surface area contributed by atoms with Gasteiger partial charge in [0.1, 0.15) is 18.7 Å². The van der Waals surface area contributed by atoms with Crippen molar-refractivity contribution < 1.29 is 19.1 Å². The van der Waals surface area contributed by atoms with Crippen molar-refractivity contribution in [3.05, 3.63) is 46.6 Å². The monoisotopic (exact) mass is 412 g/mol. The van der Waals surface area contributed by atoms with Gasteiger partial charge in [-0.25, -0.2) is 9.97 Å². The molecule has 9 heteroatoms. The van der Waals surface area contributed by atoms with Gasteiger partial charge in [-0.1, -0.05) is 12.1 Å². The first kappa shape index (κ1) is 19.4. The molecule has 2 fully saturated rings. The molecule has 0 aliphatic carbocycles. The first-order chi connectivity index (χ1) is 14.1. The van der Waals surface area contributed by atoms with Crippen LogP contribution in [-0.4, -0.2) is 40.3 Å². The van der Waals surface area contributed by atoms with Gasteiger partial charge >= 0.3 is 0 Å². The van der Waals surface area contributed by atoms with E-state index in [1.165, 1.54) is 6.33 Å². The van der Waals surface area contributed by atoms with Crippen molar-refractivity contribution in [1.29, 1.82) is 0 Å². The number of amides is 2. The van der Waals surface area contributed by atoms with E-state index < -0.39 is 0 Å². The molecule has 4 rings (SSSR count). The number of thioether (sulfide) groups is 1. The van der Waals surface area contributed by atoms with Crippen molar-refractivity contribution in [1.82, 2.24) is 20.6 Å². The van der Waals surface area contributed by atoms with Crippen LogP contribution in [0.3, 0.4) is 0 Å². The van der Waals surface area contributed by atoms with Crippen molar-refractivity contribution in [2.75, 3.05) is 13.2 Å². The van der Waals surface area contributed by atoms with Crippen molar-refractivity contribution in [2.24, 2.45) is 0 Å². The maximum atomic E-state index is 11.6. The minimum Gasteiger partial charge on any atom is -0.476 e. The molecule has 2 amide bonds. The van der Waals surface area contributed by atoms with E-state index >= 15 is 0 Å². The molecule has 0 radical (unpaired) electrons. The van der Waals surface area contributed by atoms with Gasteiger partial charge in [0.15, 0.2) is 0 Å². The number of benzene rings is 1. The molecule has 3 heterocycles. The van der Waals surface area contributed by atoms with Crippen LogP contribution in [0.25, 0.3) is 6.08 Å². The number of ether oxygens (including phenoxy) is 2. The highest BCUT2D eigenvalue weighted by Crippen LogP contribution is 2.29. The van der Waals surface area contributed by atoms with Gasteiger partial charge in [0, 0.05) is 6.04 Å². The molecule has 1 aromatic carbocycles. The number of nitrogens with zero attached hydrogens (tertiary/aromatic N) is 2. The van der Waals surface area contributed by atoms with E-state index in [9.17, 15) is 9.59 Å². The molecule has 0 spiro atoms. The Balaban J connectivity index is 1.42. The third-order valence-electron chi connectivity index (χ3n) is 4.61. The number of imide groups is 1. The lowest BCUT2D eigenvalue weighted by Gasteiger charge is -2.14. The quantitative estimate of drug-likeness (QED) is 0.698. The fourth-order valence-electron chi connectivity index (χ4n) is 3.06. The predicted octanol–water partition coefficient (Wildman–Crippen LogP) is 3.03. The van der Waals surface area contributed by atoms with E-state index in [-0.39, 0.29) is 11.1 Å². The summed E-state index contributed by atoms with van der Waals surface area (Å²) in [7, 11) is 0. The van der Waals surface area contributed by atoms with Crippen LogP contribution >= 0.6 is 11.8 Å². The summed E-state index contributed by atoms with van der Waals surface area (Å²) in [6.45, 7) is 3.45. The highest BCUT2D eigenvalue weighted by molar-refractivity contribution is 8.18. The van der Waals surface area contributed by atoms with Gasteiger partial charge in [0.05, 0.1) is 10.5 Å². The molecule has 2 aromatic rings. The van der Waals surface area contributed by atoms with Gasteiger partial charge in [0.2, 0.25) is 11.8 Å². The average molecular weight is 412 g/mol. The lowest BCUT2D eigenvalue weighted by atomic mass is 10.2. The second-order valence-corrected chi connectivity index (χ2v) is 7.75. The van der Waals surface area contributed by atoms with Gasteiger partial charge in [0.25, 0.3) is 11.1 Å². The Labute approximate surface area is 172 Å². The van der Waals surface area contributed by atoms with Crippen LogP contribution < -0.4 is 20.1 Å². The highest BCUT2D eigenvalue weighted by Gasteiger charge is 2.24. The molecule has 1 aromatic heterocycles. The van der Waals surface area contributed by atoms with Crippen LogP contribution in [0.1, 0.15) is 24.0 Å². The van der Waals surface area contributed by atoms with Gasteiger partial charge in [-0.3, -0.25) is 14.9 Å². The number of hydrogen-bond donors (Lipinski definition) is 2. The molecule has 2 saturated heterocycles. The fourth-order valence-corrected chi connectivity index (χ4v) is 3.74. The smallest absolute Gasteiger partial charge is 0.290 e. The number of hydrogen-bond acceptors (Lipinski definition) is 8. The van der Waals surface area contributed by atoms with Gasteiger partial charge in [-0.05, 0) is 61.8 Å². The van der Waals surface area contributed by atoms with E-state index in [4.69, 9.17) is 9.47 Å². The lowest BCUT2D eigenvalue weighted by molar-refractivity contribution is -0.115. The standard InChI is InChI=1S/C20H20N4O4S/c1-12-18(27-10-14-3-2-8-21-14)22-11-23-19(12)28-15-6-4-13(5-7-15)9-16-17(25)24-20(26)29-16/h4-7,9,11,14,21H,2-3,8,10H2,1H3,(H,24,25,26). The van der Waals surface area contributed by atoms with E-state index in [1.807, 2.05) is 6.92 Å². The molecule has 8 nitrogen and oxygen atoms in total. The fraction of sp³-hybridized carbons (Fsp3) is 0.300. The Morgan fingerprint density at radius 3 is 2.69 bits per heavy atom. The Bertz CT molecular complexity index is 955. The largest absolute Gasteiger partial charge is 0.476 e. The number of carbonyl (C=O) groups is 2.